The van der Waals surface area contributed by atoms with Crippen molar-refractivity contribution in [1.82, 2.24) is 4.98 Å². The highest BCUT2D eigenvalue weighted by Gasteiger charge is 2.47. The number of pyridine rings is 1. The summed E-state index contributed by atoms with van der Waals surface area (Å²) in [6, 6.07) is 13.9. The van der Waals surface area contributed by atoms with Crippen molar-refractivity contribution in [3.63, 3.8) is 0 Å². The molecular weight excluding hydrogens is 383 g/mol. The molecule has 1 aliphatic heterocycles. The van der Waals surface area contributed by atoms with Crippen LogP contribution < -0.4 is 4.90 Å². The molecule has 0 radical (unpaired) electrons. The van der Waals surface area contributed by atoms with Gasteiger partial charge >= 0.3 is 0 Å². The van der Waals surface area contributed by atoms with E-state index in [2.05, 4.69) is 4.98 Å². The summed E-state index contributed by atoms with van der Waals surface area (Å²) in [5.41, 5.74) is 2.66. The van der Waals surface area contributed by atoms with Gasteiger partial charge in [-0.1, -0.05) is 12.1 Å². The average Bonchev–Trinajstić information content (AvgIpc) is 3.01. The van der Waals surface area contributed by atoms with Gasteiger partial charge in [-0.05, 0) is 73.0 Å². The molecule has 3 aromatic rings. The van der Waals surface area contributed by atoms with Gasteiger partial charge in [0.15, 0.2) is 0 Å². The molecule has 150 valence electrons. The number of benzene rings is 2. The summed E-state index contributed by atoms with van der Waals surface area (Å²) >= 11 is 0. The number of hydrogen-bond acceptors (Lipinski definition) is 4. The summed E-state index contributed by atoms with van der Waals surface area (Å²) in [6.07, 6.45) is 3.13. The Morgan fingerprint density at radius 1 is 1.03 bits per heavy atom. The molecule has 1 aromatic heterocycles. The Balaban J connectivity index is 1.95. The molecule has 1 atom stereocenters. The first-order valence-corrected chi connectivity index (χ1v) is 9.42. The number of rotatable bonds is 3. The first kappa shape index (κ1) is 19.5. The van der Waals surface area contributed by atoms with Crippen molar-refractivity contribution in [2.24, 2.45) is 0 Å². The number of aliphatic hydroxyl groups is 1. The van der Waals surface area contributed by atoms with Crippen molar-refractivity contribution in [3.05, 3.63) is 101 Å². The summed E-state index contributed by atoms with van der Waals surface area (Å²) in [4.78, 5) is 31.4. The third-order valence-corrected chi connectivity index (χ3v) is 5.18. The van der Waals surface area contributed by atoms with Crippen molar-refractivity contribution in [2.75, 3.05) is 4.90 Å². The van der Waals surface area contributed by atoms with Gasteiger partial charge in [0.2, 0.25) is 0 Å². The van der Waals surface area contributed by atoms with E-state index >= 15 is 0 Å². The molecule has 0 aliphatic carbocycles. The Morgan fingerprint density at radius 3 is 2.43 bits per heavy atom. The van der Waals surface area contributed by atoms with Crippen LogP contribution in [0, 0.1) is 19.7 Å². The van der Waals surface area contributed by atoms with Gasteiger partial charge in [0.05, 0.1) is 11.6 Å². The second-order valence-electron chi connectivity index (χ2n) is 7.25. The summed E-state index contributed by atoms with van der Waals surface area (Å²) in [6.45, 7) is 3.46. The number of carbonyl (C=O) groups excluding carboxylic acids is 2. The van der Waals surface area contributed by atoms with E-state index in [-0.39, 0.29) is 16.9 Å². The van der Waals surface area contributed by atoms with Gasteiger partial charge in [0.25, 0.3) is 11.7 Å². The topological polar surface area (TPSA) is 70.5 Å². The molecule has 30 heavy (non-hydrogen) atoms. The Kier molecular flexibility index (Phi) is 4.91. The normalized spacial score (nSPS) is 18.1. The van der Waals surface area contributed by atoms with Crippen LogP contribution in [-0.4, -0.2) is 21.8 Å². The second-order valence-corrected chi connectivity index (χ2v) is 7.25. The highest BCUT2D eigenvalue weighted by molar-refractivity contribution is 6.51. The van der Waals surface area contributed by atoms with Crippen LogP contribution in [0.5, 0.6) is 0 Å². The van der Waals surface area contributed by atoms with Gasteiger partial charge in [0.1, 0.15) is 11.6 Å². The molecule has 4 rings (SSSR count). The number of anilines is 1. The number of halogens is 1. The van der Waals surface area contributed by atoms with Crippen LogP contribution in [0.4, 0.5) is 10.1 Å². The molecule has 6 heteroatoms. The largest absolute Gasteiger partial charge is 0.507 e. The minimum Gasteiger partial charge on any atom is -0.507 e. The van der Waals surface area contributed by atoms with E-state index in [0.717, 1.165) is 5.56 Å². The van der Waals surface area contributed by atoms with Gasteiger partial charge in [-0.2, -0.15) is 0 Å². The fourth-order valence-corrected chi connectivity index (χ4v) is 3.69. The Labute approximate surface area is 173 Å². The molecule has 5 nitrogen and oxygen atoms in total. The third-order valence-electron chi connectivity index (χ3n) is 5.18. The summed E-state index contributed by atoms with van der Waals surface area (Å²) in [5, 5.41) is 11.0. The van der Waals surface area contributed by atoms with Crippen molar-refractivity contribution in [2.45, 2.75) is 19.9 Å². The molecule has 1 fully saturated rings. The standard InChI is InChI=1S/C24H19FN2O3/c1-14-4-3-5-18(12-14)27-21(16-8-10-26-11-9-16)20(23(29)24(27)30)22(28)17-6-7-19(25)15(2)13-17/h3-13,21,28H,1-2H3/b22-20-. The maximum absolute atomic E-state index is 13.7. The van der Waals surface area contributed by atoms with Crippen LogP contribution in [0.25, 0.3) is 5.76 Å². The summed E-state index contributed by atoms with van der Waals surface area (Å²) in [7, 11) is 0. The zero-order chi connectivity index (χ0) is 21.4. The van der Waals surface area contributed by atoms with E-state index in [4.69, 9.17) is 0 Å². The molecule has 0 bridgehead atoms. The van der Waals surface area contributed by atoms with E-state index in [1.807, 2.05) is 13.0 Å². The Bertz CT molecular complexity index is 1190. The second kappa shape index (κ2) is 7.55. The van der Waals surface area contributed by atoms with Gasteiger partial charge < -0.3 is 5.11 Å². The number of carbonyl (C=O) groups is 2. The minimum atomic E-state index is -0.833. The average molecular weight is 402 g/mol. The van der Waals surface area contributed by atoms with E-state index in [0.29, 0.717) is 16.8 Å². The fraction of sp³-hybridized carbons (Fsp3) is 0.125. The lowest BCUT2D eigenvalue weighted by Gasteiger charge is -2.25. The van der Waals surface area contributed by atoms with Crippen LogP contribution in [-0.2, 0) is 9.59 Å². The molecule has 1 unspecified atom stereocenters. The lowest BCUT2D eigenvalue weighted by atomic mass is 9.95. The van der Waals surface area contributed by atoms with Crippen LogP contribution in [0.1, 0.15) is 28.3 Å². The van der Waals surface area contributed by atoms with Crippen molar-refractivity contribution < 1.29 is 19.1 Å². The molecule has 1 aliphatic rings. The zero-order valence-corrected chi connectivity index (χ0v) is 16.5. The number of hydrogen-bond donors (Lipinski definition) is 1. The highest BCUT2D eigenvalue weighted by Crippen LogP contribution is 2.42. The zero-order valence-electron chi connectivity index (χ0n) is 16.5. The number of ketones is 1. The van der Waals surface area contributed by atoms with Crippen molar-refractivity contribution in [3.8, 4) is 0 Å². The number of aryl methyl sites for hydroxylation is 2. The number of aromatic nitrogens is 1. The Morgan fingerprint density at radius 2 is 1.77 bits per heavy atom. The lowest BCUT2D eigenvalue weighted by Crippen LogP contribution is -2.29. The molecule has 1 amide bonds. The van der Waals surface area contributed by atoms with E-state index in [1.54, 1.807) is 49.6 Å². The van der Waals surface area contributed by atoms with Crippen LogP contribution in [0.15, 0.2) is 72.6 Å². The molecule has 2 aromatic carbocycles. The number of aliphatic hydroxyl groups excluding tert-OH is 1. The highest BCUT2D eigenvalue weighted by atomic mass is 19.1. The maximum Gasteiger partial charge on any atom is 0.300 e. The quantitative estimate of drug-likeness (QED) is 0.399. The van der Waals surface area contributed by atoms with Crippen LogP contribution in [0.3, 0.4) is 0 Å². The molecule has 0 spiro atoms. The maximum atomic E-state index is 13.7. The lowest BCUT2D eigenvalue weighted by molar-refractivity contribution is -0.132. The fourth-order valence-electron chi connectivity index (χ4n) is 3.69. The molecular formula is C24H19FN2O3. The predicted octanol–water partition coefficient (Wildman–Crippen LogP) is 4.46. The monoisotopic (exact) mass is 402 g/mol. The van der Waals surface area contributed by atoms with Crippen molar-refractivity contribution >= 4 is 23.1 Å². The summed E-state index contributed by atoms with van der Waals surface area (Å²) < 4.78 is 13.7. The molecule has 1 N–H and O–H groups in total. The van der Waals surface area contributed by atoms with Crippen molar-refractivity contribution in [1.29, 1.82) is 0 Å². The number of Topliss-reactive ketones (excluding diaryl/α,β-unsaturated/α-hetero) is 1. The van der Waals surface area contributed by atoms with Crippen LogP contribution in [0.2, 0.25) is 0 Å². The number of nitrogens with zero attached hydrogens (tertiary/aromatic N) is 2. The van der Waals surface area contributed by atoms with Gasteiger partial charge in [0, 0.05) is 23.6 Å². The number of amides is 1. The van der Waals surface area contributed by atoms with Crippen LogP contribution >= 0.6 is 0 Å². The summed E-state index contributed by atoms with van der Waals surface area (Å²) in [5.74, 6) is -2.29. The predicted molar refractivity (Wildman–Crippen MR) is 111 cm³/mol. The molecule has 1 saturated heterocycles. The molecule has 2 heterocycles. The third kappa shape index (κ3) is 3.26. The van der Waals surface area contributed by atoms with Gasteiger partial charge in [-0.3, -0.25) is 19.5 Å². The molecule has 0 saturated carbocycles. The van der Waals surface area contributed by atoms with E-state index in [1.165, 1.54) is 23.1 Å². The first-order valence-electron chi connectivity index (χ1n) is 9.42. The Hall–Kier alpha value is -3.80. The minimum absolute atomic E-state index is 0.0429. The van der Waals surface area contributed by atoms with Gasteiger partial charge in [-0.15, -0.1) is 0 Å². The smallest absolute Gasteiger partial charge is 0.300 e. The van der Waals surface area contributed by atoms with Gasteiger partial charge in [-0.25, -0.2) is 4.39 Å². The van der Waals surface area contributed by atoms with E-state index < -0.39 is 23.5 Å². The van der Waals surface area contributed by atoms with E-state index in [9.17, 15) is 19.1 Å². The first-order chi connectivity index (χ1) is 14.4. The SMILES string of the molecule is Cc1cccc(N2C(=O)C(=O)/C(=C(\O)c3ccc(F)c(C)c3)C2c2ccncc2)c1.